The Bertz CT molecular complexity index is 481. The number of hydrogen-bond donors (Lipinski definition) is 0. The van der Waals surface area contributed by atoms with Crippen LogP contribution >= 0.6 is 0 Å². The molecule has 1 fully saturated rings. The van der Waals surface area contributed by atoms with E-state index in [-0.39, 0.29) is 17.7 Å². The summed E-state index contributed by atoms with van der Waals surface area (Å²) in [6.07, 6.45) is 2.24. The van der Waals surface area contributed by atoms with Crippen LogP contribution in [0.15, 0.2) is 30.3 Å². The zero-order valence-corrected chi connectivity index (χ0v) is 12.9. The molecule has 0 radical (unpaired) electrons. The third-order valence-electron chi connectivity index (χ3n) is 3.84. The molecule has 0 aliphatic carbocycles. The molecule has 1 aromatic carbocycles. The summed E-state index contributed by atoms with van der Waals surface area (Å²) < 4.78 is 0. The van der Waals surface area contributed by atoms with Crippen LogP contribution in [0, 0.1) is 5.92 Å². The molecular formula is C17H24N2O2. The first-order valence-corrected chi connectivity index (χ1v) is 7.81. The van der Waals surface area contributed by atoms with E-state index >= 15 is 0 Å². The van der Waals surface area contributed by atoms with Crippen molar-refractivity contribution in [2.24, 2.45) is 5.92 Å². The van der Waals surface area contributed by atoms with Gasteiger partial charge in [0, 0.05) is 31.7 Å². The third-order valence-corrected chi connectivity index (χ3v) is 3.84. The first-order chi connectivity index (χ1) is 10.2. The van der Waals surface area contributed by atoms with Gasteiger partial charge in [0.25, 0.3) is 0 Å². The van der Waals surface area contributed by atoms with E-state index in [1.54, 1.807) is 4.90 Å². The molecule has 1 saturated heterocycles. The zero-order chi connectivity index (χ0) is 15.2. The van der Waals surface area contributed by atoms with Gasteiger partial charge in [0.2, 0.25) is 11.8 Å². The number of carbonyl (C=O) groups excluding carboxylic acids is 2. The summed E-state index contributed by atoms with van der Waals surface area (Å²) in [5, 5.41) is 0. The number of para-hydroxylation sites is 1. The predicted molar refractivity (Wildman–Crippen MR) is 84.1 cm³/mol. The molecule has 1 aliphatic rings. The Morgan fingerprint density at radius 1 is 1.19 bits per heavy atom. The van der Waals surface area contributed by atoms with Crippen LogP contribution in [0.25, 0.3) is 0 Å². The Kier molecular flexibility index (Phi) is 5.37. The van der Waals surface area contributed by atoms with Crippen molar-refractivity contribution in [2.75, 3.05) is 24.5 Å². The maximum atomic E-state index is 12.6. The summed E-state index contributed by atoms with van der Waals surface area (Å²) in [6.45, 7) is 6.22. The Hall–Kier alpha value is -1.84. The number of hydrogen-bond acceptors (Lipinski definition) is 2. The van der Waals surface area contributed by atoms with Crippen molar-refractivity contribution in [1.29, 1.82) is 0 Å². The smallest absolute Gasteiger partial charge is 0.228 e. The second-order valence-corrected chi connectivity index (χ2v) is 5.57. The lowest BCUT2D eigenvalue weighted by Crippen LogP contribution is -2.38. The van der Waals surface area contributed by atoms with E-state index < -0.39 is 0 Å². The van der Waals surface area contributed by atoms with E-state index in [0.29, 0.717) is 13.0 Å². The quantitative estimate of drug-likeness (QED) is 0.807. The standard InChI is InChI=1S/C17H24N2O2/c1-3-10-18(11-4-2)17(21)14-12-16(20)19(13-14)15-8-6-5-7-9-15/h5-9,14H,3-4,10-13H2,1-2H3. The summed E-state index contributed by atoms with van der Waals surface area (Å²) in [5.74, 6) is -0.0196. The number of anilines is 1. The van der Waals surface area contributed by atoms with Crippen LogP contribution in [0.5, 0.6) is 0 Å². The van der Waals surface area contributed by atoms with Crippen LogP contribution in [0.3, 0.4) is 0 Å². The molecule has 0 bridgehead atoms. The van der Waals surface area contributed by atoms with E-state index in [9.17, 15) is 9.59 Å². The van der Waals surface area contributed by atoms with Crippen LogP contribution in [0.4, 0.5) is 5.69 Å². The molecule has 1 aliphatic heterocycles. The van der Waals surface area contributed by atoms with Gasteiger partial charge in [-0.1, -0.05) is 32.0 Å². The molecule has 4 nitrogen and oxygen atoms in total. The highest BCUT2D eigenvalue weighted by Crippen LogP contribution is 2.26. The number of benzene rings is 1. The van der Waals surface area contributed by atoms with Gasteiger partial charge in [0.15, 0.2) is 0 Å². The normalized spacial score (nSPS) is 18.1. The molecule has 4 heteroatoms. The van der Waals surface area contributed by atoms with Gasteiger partial charge in [0.1, 0.15) is 0 Å². The van der Waals surface area contributed by atoms with Gasteiger partial charge < -0.3 is 9.80 Å². The summed E-state index contributed by atoms with van der Waals surface area (Å²) in [4.78, 5) is 28.4. The summed E-state index contributed by atoms with van der Waals surface area (Å²) in [6, 6.07) is 9.59. The molecule has 0 aromatic heterocycles. The Balaban J connectivity index is 2.06. The van der Waals surface area contributed by atoms with Crippen molar-refractivity contribution in [1.82, 2.24) is 4.90 Å². The van der Waals surface area contributed by atoms with Crippen molar-refractivity contribution in [3.63, 3.8) is 0 Å². The van der Waals surface area contributed by atoms with Crippen molar-refractivity contribution < 1.29 is 9.59 Å². The van der Waals surface area contributed by atoms with E-state index in [1.165, 1.54) is 0 Å². The van der Waals surface area contributed by atoms with Gasteiger partial charge >= 0.3 is 0 Å². The predicted octanol–water partition coefficient (Wildman–Crippen LogP) is 2.69. The molecular weight excluding hydrogens is 264 g/mol. The van der Waals surface area contributed by atoms with Gasteiger partial charge in [-0.3, -0.25) is 9.59 Å². The average molecular weight is 288 g/mol. The second-order valence-electron chi connectivity index (χ2n) is 5.57. The molecule has 2 amide bonds. The number of carbonyl (C=O) groups is 2. The van der Waals surface area contributed by atoms with Gasteiger partial charge in [-0.05, 0) is 25.0 Å². The summed E-state index contributed by atoms with van der Waals surface area (Å²) in [5.41, 5.74) is 0.885. The minimum absolute atomic E-state index is 0.0486. The maximum absolute atomic E-state index is 12.6. The fourth-order valence-corrected chi connectivity index (χ4v) is 2.86. The maximum Gasteiger partial charge on any atom is 0.228 e. The van der Waals surface area contributed by atoms with Gasteiger partial charge in [-0.2, -0.15) is 0 Å². The summed E-state index contributed by atoms with van der Waals surface area (Å²) in [7, 11) is 0. The minimum Gasteiger partial charge on any atom is -0.342 e. The van der Waals surface area contributed by atoms with E-state index in [1.807, 2.05) is 35.2 Å². The molecule has 0 N–H and O–H groups in total. The molecule has 2 rings (SSSR count). The van der Waals surface area contributed by atoms with Crippen molar-refractivity contribution in [2.45, 2.75) is 33.1 Å². The number of nitrogens with zero attached hydrogens (tertiary/aromatic N) is 2. The van der Waals surface area contributed by atoms with E-state index in [4.69, 9.17) is 0 Å². The fourth-order valence-electron chi connectivity index (χ4n) is 2.86. The molecule has 1 aromatic rings. The van der Waals surface area contributed by atoms with E-state index in [0.717, 1.165) is 31.6 Å². The molecule has 0 spiro atoms. The first-order valence-electron chi connectivity index (χ1n) is 7.81. The molecule has 1 atom stereocenters. The fraction of sp³-hybridized carbons (Fsp3) is 0.529. The molecule has 21 heavy (non-hydrogen) atoms. The molecule has 1 unspecified atom stereocenters. The summed E-state index contributed by atoms with van der Waals surface area (Å²) >= 11 is 0. The van der Waals surface area contributed by atoms with E-state index in [2.05, 4.69) is 13.8 Å². The van der Waals surface area contributed by atoms with Crippen LogP contribution in [0.2, 0.25) is 0 Å². The lowest BCUT2D eigenvalue weighted by molar-refractivity contribution is -0.135. The number of amides is 2. The first kappa shape index (κ1) is 15.5. The largest absolute Gasteiger partial charge is 0.342 e. The highest BCUT2D eigenvalue weighted by atomic mass is 16.2. The van der Waals surface area contributed by atoms with Gasteiger partial charge in [-0.25, -0.2) is 0 Å². The second kappa shape index (κ2) is 7.25. The van der Waals surface area contributed by atoms with Crippen molar-refractivity contribution >= 4 is 17.5 Å². The SMILES string of the molecule is CCCN(CCC)C(=O)C1CC(=O)N(c2ccccc2)C1. The van der Waals surface area contributed by atoms with Crippen molar-refractivity contribution in [3.05, 3.63) is 30.3 Å². The van der Waals surface area contributed by atoms with Crippen molar-refractivity contribution in [3.8, 4) is 0 Å². The van der Waals surface area contributed by atoms with Crippen LogP contribution in [-0.4, -0.2) is 36.3 Å². The van der Waals surface area contributed by atoms with Crippen LogP contribution in [-0.2, 0) is 9.59 Å². The number of rotatable bonds is 6. The molecule has 0 saturated carbocycles. The van der Waals surface area contributed by atoms with Crippen LogP contribution < -0.4 is 4.90 Å². The Morgan fingerprint density at radius 2 is 1.81 bits per heavy atom. The lowest BCUT2D eigenvalue weighted by Gasteiger charge is -2.24. The monoisotopic (exact) mass is 288 g/mol. The Morgan fingerprint density at radius 3 is 2.38 bits per heavy atom. The highest BCUT2D eigenvalue weighted by Gasteiger charge is 2.36. The van der Waals surface area contributed by atoms with Crippen LogP contribution in [0.1, 0.15) is 33.1 Å². The minimum atomic E-state index is -0.198. The molecule has 1 heterocycles. The average Bonchev–Trinajstić information content (AvgIpc) is 2.89. The Labute approximate surface area is 126 Å². The lowest BCUT2D eigenvalue weighted by atomic mass is 10.1. The van der Waals surface area contributed by atoms with Gasteiger partial charge in [0.05, 0.1) is 5.92 Å². The topological polar surface area (TPSA) is 40.6 Å². The van der Waals surface area contributed by atoms with Gasteiger partial charge in [-0.15, -0.1) is 0 Å². The zero-order valence-electron chi connectivity index (χ0n) is 12.9. The highest BCUT2D eigenvalue weighted by molar-refractivity contribution is 6.00. The third kappa shape index (κ3) is 3.63. The molecule has 114 valence electrons.